The average Bonchev–Trinajstić information content (AvgIpc) is 2.60. The highest BCUT2D eigenvalue weighted by molar-refractivity contribution is 6.51. The Balaban J connectivity index is 2.05. The van der Waals surface area contributed by atoms with Gasteiger partial charge in [0.2, 0.25) is 4.87 Å². The number of rotatable bonds is 4. The van der Waals surface area contributed by atoms with Crippen LogP contribution in [-0.4, -0.2) is 23.4 Å². The monoisotopic (exact) mass is 329 g/mol. The Labute approximate surface area is 139 Å². The van der Waals surface area contributed by atoms with E-state index in [0.29, 0.717) is 5.69 Å². The summed E-state index contributed by atoms with van der Waals surface area (Å²) in [4.78, 5) is 24.8. The molecule has 2 unspecified atom stereocenters. The normalized spacial score (nSPS) is 23.3. The van der Waals surface area contributed by atoms with Crippen LogP contribution in [0.5, 0.6) is 0 Å². The van der Waals surface area contributed by atoms with Crippen LogP contribution >= 0.6 is 11.6 Å². The molecule has 0 aliphatic carbocycles. The summed E-state index contributed by atoms with van der Waals surface area (Å²) < 4.78 is 5.04. The van der Waals surface area contributed by atoms with Gasteiger partial charge in [-0.1, -0.05) is 60.1 Å². The second-order valence-electron chi connectivity index (χ2n) is 5.26. The summed E-state index contributed by atoms with van der Waals surface area (Å²) in [5, 5.41) is 0. The van der Waals surface area contributed by atoms with Crippen molar-refractivity contribution in [2.75, 3.05) is 11.5 Å². The van der Waals surface area contributed by atoms with Gasteiger partial charge in [0.15, 0.2) is 0 Å². The number of carbonyl (C=O) groups is 2. The number of anilines is 1. The van der Waals surface area contributed by atoms with Crippen molar-refractivity contribution in [2.24, 2.45) is 0 Å². The van der Waals surface area contributed by atoms with Gasteiger partial charge in [-0.15, -0.1) is 0 Å². The van der Waals surface area contributed by atoms with Crippen LogP contribution in [0, 0.1) is 0 Å². The fourth-order valence-electron chi connectivity index (χ4n) is 2.83. The quantitative estimate of drug-likeness (QED) is 0.374. The summed E-state index contributed by atoms with van der Waals surface area (Å²) in [5.74, 6) is -1.16. The molecule has 5 heteroatoms. The highest BCUT2D eigenvalue weighted by Crippen LogP contribution is 2.50. The summed E-state index contributed by atoms with van der Waals surface area (Å²) in [6.07, 6.45) is 0. The zero-order chi connectivity index (χ0) is 16.4. The van der Waals surface area contributed by atoms with E-state index in [-0.39, 0.29) is 6.61 Å². The molecule has 1 heterocycles. The molecule has 0 spiro atoms. The molecule has 1 fully saturated rings. The van der Waals surface area contributed by atoms with E-state index in [4.69, 9.17) is 16.3 Å². The fourth-order valence-corrected chi connectivity index (χ4v) is 3.19. The molecule has 2 aromatic rings. The lowest BCUT2D eigenvalue weighted by molar-refractivity contribution is -0.154. The summed E-state index contributed by atoms with van der Waals surface area (Å²) in [5.41, 5.74) is 1.49. The zero-order valence-electron chi connectivity index (χ0n) is 12.6. The maximum atomic E-state index is 12.7. The van der Waals surface area contributed by atoms with Gasteiger partial charge in [0.05, 0.1) is 6.61 Å². The summed E-state index contributed by atoms with van der Waals surface area (Å²) in [6, 6.07) is 17.8. The van der Waals surface area contributed by atoms with Gasteiger partial charge in [-0.05, 0) is 24.6 Å². The van der Waals surface area contributed by atoms with E-state index in [9.17, 15) is 9.59 Å². The zero-order valence-corrected chi connectivity index (χ0v) is 13.4. The van der Waals surface area contributed by atoms with Crippen molar-refractivity contribution >= 4 is 29.2 Å². The van der Waals surface area contributed by atoms with Gasteiger partial charge in [-0.25, -0.2) is 4.79 Å². The number of alkyl halides is 1. The van der Waals surface area contributed by atoms with Crippen LogP contribution in [0.4, 0.5) is 5.69 Å². The van der Waals surface area contributed by atoms with Crippen LogP contribution < -0.4 is 4.90 Å². The van der Waals surface area contributed by atoms with Crippen LogP contribution in [-0.2, 0) is 14.3 Å². The summed E-state index contributed by atoms with van der Waals surface area (Å²) in [7, 11) is 0. The minimum atomic E-state index is -1.72. The highest BCUT2D eigenvalue weighted by atomic mass is 35.5. The van der Waals surface area contributed by atoms with Gasteiger partial charge in [-0.2, -0.15) is 0 Å². The topological polar surface area (TPSA) is 46.6 Å². The number of β-lactam (4-membered cyclic amide) rings is 1. The van der Waals surface area contributed by atoms with Crippen molar-refractivity contribution in [1.82, 2.24) is 0 Å². The SMILES string of the molecule is CCOC(=O)C1(Cl)C(=O)N(c2ccccc2)C1c1ccccc1. The third-order valence-corrected chi connectivity index (χ3v) is 4.41. The molecule has 0 saturated carbocycles. The van der Waals surface area contributed by atoms with Gasteiger partial charge in [0, 0.05) is 5.69 Å². The van der Waals surface area contributed by atoms with Crippen molar-refractivity contribution in [2.45, 2.75) is 17.8 Å². The number of para-hydroxylation sites is 1. The van der Waals surface area contributed by atoms with E-state index in [1.165, 1.54) is 0 Å². The highest BCUT2D eigenvalue weighted by Gasteiger charge is 2.67. The van der Waals surface area contributed by atoms with Crippen LogP contribution in [0.3, 0.4) is 0 Å². The predicted octanol–water partition coefficient (Wildman–Crippen LogP) is 3.32. The van der Waals surface area contributed by atoms with E-state index in [1.807, 2.05) is 60.7 Å². The van der Waals surface area contributed by atoms with Crippen LogP contribution in [0.1, 0.15) is 18.5 Å². The molecule has 1 amide bonds. The molecule has 0 bridgehead atoms. The standard InChI is InChI=1S/C18H16ClNO3/c1-2-23-17(22)18(19)15(13-9-5-3-6-10-13)20(16(18)21)14-11-7-4-8-12-14/h3-12,15H,2H2,1H3. The van der Waals surface area contributed by atoms with Gasteiger partial charge in [0.25, 0.3) is 5.91 Å². The molecule has 3 rings (SSSR count). The Morgan fingerprint density at radius 3 is 2.26 bits per heavy atom. The third-order valence-electron chi connectivity index (χ3n) is 3.89. The number of halogens is 1. The molecular formula is C18H16ClNO3. The lowest BCUT2D eigenvalue weighted by atomic mass is 9.80. The van der Waals surface area contributed by atoms with Gasteiger partial charge >= 0.3 is 5.97 Å². The largest absolute Gasteiger partial charge is 0.464 e. The first-order valence-corrected chi connectivity index (χ1v) is 7.78. The van der Waals surface area contributed by atoms with Crippen molar-refractivity contribution in [1.29, 1.82) is 0 Å². The molecular weight excluding hydrogens is 314 g/mol. The second-order valence-corrected chi connectivity index (χ2v) is 5.85. The Kier molecular flexibility index (Phi) is 4.09. The van der Waals surface area contributed by atoms with Gasteiger partial charge in [0.1, 0.15) is 6.04 Å². The van der Waals surface area contributed by atoms with E-state index >= 15 is 0 Å². The molecule has 0 radical (unpaired) electrons. The lowest BCUT2D eigenvalue weighted by Crippen LogP contribution is -2.69. The number of ether oxygens (including phenoxy) is 1. The van der Waals surface area contributed by atoms with Crippen molar-refractivity contribution < 1.29 is 14.3 Å². The van der Waals surface area contributed by atoms with Gasteiger partial charge < -0.3 is 4.74 Å². The Morgan fingerprint density at radius 2 is 1.70 bits per heavy atom. The van der Waals surface area contributed by atoms with Gasteiger partial charge in [-0.3, -0.25) is 9.69 Å². The molecule has 23 heavy (non-hydrogen) atoms. The van der Waals surface area contributed by atoms with E-state index in [0.717, 1.165) is 5.56 Å². The van der Waals surface area contributed by atoms with E-state index < -0.39 is 22.8 Å². The minimum Gasteiger partial charge on any atom is -0.464 e. The first kappa shape index (κ1) is 15.6. The summed E-state index contributed by atoms with van der Waals surface area (Å²) >= 11 is 6.47. The Bertz CT molecular complexity index is 720. The average molecular weight is 330 g/mol. The molecule has 0 aromatic heterocycles. The van der Waals surface area contributed by atoms with Crippen molar-refractivity contribution in [3.05, 3.63) is 66.2 Å². The Morgan fingerprint density at radius 1 is 1.13 bits per heavy atom. The van der Waals surface area contributed by atoms with E-state index in [2.05, 4.69) is 0 Å². The maximum absolute atomic E-state index is 12.7. The number of nitrogens with zero attached hydrogens (tertiary/aromatic N) is 1. The minimum absolute atomic E-state index is 0.174. The fraction of sp³-hybridized carbons (Fsp3) is 0.222. The smallest absolute Gasteiger partial charge is 0.339 e. The third kappa shape index (κ3) is 2.39. The molecule has 4 nitrogen and oxygen atoms in total. The number of hydrogen-bond donors (Lipinski definition) is 0. The number of esters is 1. The maximum Gasteiger partial charge on any atom is 0.339 e. The molecule has 1 saturated heterocycles. The van der Waals surface area contributed by atoms with Crippen LogP contribution in [0.2, 0.25) is 0 Å². The number of amides is 1. The Hall–Kier alpha value is -2.33. The first-order valence-electron chi connectivity index (χ1n) is 7.40. The van der Waals surface area contributed by atoms with Crippen molar-refractivity contribution in [3.63, 3.8) is 0 Å². The van der Waals surface area contributed by atoms with Crippen LogP contribution in [0.25, 0.3) is 0 Å². The molecule has 2 atom stereocenters. The number of carbonyl (C=O) groups excluding carboxylic acids is 2. The van der Waals surface area contributed by atoms with Crippen molar-refractivity contribution in [3.8, 4) is 0 Å². The van der Waals surface area contributed by atoms with E-state index in [1.54, 1.807) is 11.8 Å². The second kappa shape index (κ2) is 6.05. The number of hydrogen-bond acceptors (Lipinski definition) is 3. The molecule has 1 aliphatic heterocycles. The van der Waals surface area contributed by atoms with Crippen LogP contribution in [0.15, 0.2) is 60.7 Å². The predicted molar refractivity (Wildman–Crippen MR) is 88.3 cm³/mol. The number of benzene rings is 2. The lowest BCUT2D eigenvalue weighted by Gasteiger charge is -2.50. The molecule has 118 valence electrons. The summed E-state index contributed by atoms with van der Waals surface area (Å²) in [6.45, 7) is 1.86. The molecule has 1 aliphatic rings. The first-order chi connectivity index (χ1) is 11.1. The molecule has 2 aromatic carbocycles. The molecule has 0 N–H and O–H groups in total.